The second-order valence-electron chi connectivity index (χ2n) is 3.78. The summed E-state index contributed by atoms with van der Waals surface area (Å²) in [6, 6.07) is 3.39. The van der Waals surface area contributed by atoms with E-state index in [1.165, 1.54) is 4.90 Å². The van der Waals surface area contributed by atoms with Crippen LogP contribution in [-0.2, 0) is 16.6 Å². The summed E-state index contributed by atoms with van der Waals surface area (Å²) in [6.07, 6.45) is 0.979. The zero-order valence-electron chi connectivity index (χ0n) is 9.93. The third kappa shape index (κ3) is 2.62. The minimum absolute atomic E-state index is 0.234. The molecule has 88 valence electrons. The van der Waals surface area contributed by atoms with Crippen molar-refractivity contribution in [3.8, 4) is 0 Å². The number of likely N-dealkylation sites (N-methyl/N-ethyl adjacent to an activating group) is 1. The Labute approximate surface area is 94.6 Å². The van der Waals surface area contributed by atoms with Gasteiger partial charge in [-0.3, -0.25) is 4.79 Å². The van der Waals surface area contributed by atoms with Gasteiger partial charge in [0.1, 0.15) is 5.69 Å². The minimum atomic E-state index is -0.766. The van der Waals surface area contributed by atoms with E-state index in [1.54, 1.807) is 51.0 Å². The molecule has 0 spiro atoms. The highest BCUT2D eigenvalue weighted by Gasteiger charge is 2.21. The van der Waals surface area contributed by atoms with Crippen LogP contribution in [-0.4, -0.2) is 41.5 Å². The van der Waals surface area contributed by atoms with Crippen LogP contribution in [0.15, 0.2) is 18.3 Å². The molecular formula is C11H16N2O3. The normalized spacial score (nSPS) is 12.0. The van der Waals surface area contributed by atoms with Crippen LogP contribution in [0.5, 0.6) is 0 Å². The van der Waals surface area contributed by atoms with Crippen LogP contribution < -0.4 is 0 Å². The number of ether oxygens (including phenoxy) is 1. The van der Waals surface area contributed by atoms with Gasteiger partial charge in [0, 0.05) is 27.3 Å². The average molecular weight is 224 g/mol. The molecule has 0 aromatic carbocycles. The monoisotopic (exact) mass is 224 g/mol. The largest absolute Gasteiger partial charge is 0.448 e. The summed E-state index contributed by atoms with van der Waals surface area (Å²) in [4.78, 5) is 24.5. The summed E-state index contributed by atoms with van der Waals surface area (Å²) in [6.45, 7) is 1.56. The minimum Gasteiger partial charge on any atom is -0.448 e. The van der Waals surface area contributed by atoms with Gasteiger partial charge in [-0.25, -0.2) is 4.79 Å². The lowest BCUT2D eigenvalue weighted by molar-refractivity contribution is -0.137. The first-order valence-corrected chi connectivity index (χ1v) is 4.97. The Morgan fingerprint density at radius 2 is 2.06 bits per heavy atom. The summed E-state index contributed by atoms with van der Waals surface area (Å²) in [5, 5.41) is 0. The quantitative estimate of drug-likeness (QED) is 0.709. The molecule has 16 heavy (non-hydrogen) atoms. The van der Waals surface area contributed by atoms with Gasteiger partial charge < -0.3 is 14.2 Å². The van der Waals surface area contributed by atoms with Crippen LogP contribution in [0.4, 0.5) is 0 Å². The molecule has 0 saturated carbocycles. The van der Waals surface area contributed by atoms with Crippen molar-refractivity contribution in [1.29, 1.82) is 0 Å². The lowest BCUT2D eigenvalue weighted by Gasteiger charge is -2.17. The number of rotatable bonds is 3. The van der Waals surface area contributed by atoms with Gasteiger partial charge in [-0.05, 0) is 19.1 Å². The molecule has 5 nitrogen and oxygen atoms in total. The highest BCUT2D eigenvalue weighted by Crippen LogP contribution is 2.05. The third-order valence-corrected chi connectivity index (χ3v) is 2.23. The molecule has 1 rings (SSSR count). The fourth-order valence-corrected chi connectivity index (χ4v) is 1.31. The van der Waals surface area contributed by atoms with Crippen molar-refractivity contribution in [3.63, 3.8) is 0 Å². The maximum absolute atomic E-state index is 11.7. The number of hydrogen-bond acceptors (Lipinski definition) is 3. The molecule has 0 aliphatic rings. The Balaban J connectivity index is 2.66. The zero-order chi connectivity index (χ0) is 12.3. The first-order chi connectivity index (χ1) is 7.43. The highest BCUT2D eigenvalue weighted by atomic mass is 16.5. The fourth-order valence-electron chi connectivity index (χ4n) is 1.31. The Morgan fingerprint density at radius 1 is 1.44 bits per heavy atom. The number of carbonyl (C=O) groups excluding carboxylic acids is 2. The standard InChI is InChI=1S/C11H16N2O3/c1-8(10(14)12(2)3)16-11(15)9-6-5-7-13(9)4/h5-8H,1-4H3. The molecule has 1 aromatic rings. The van der Waals surface area contributed by atoms with Gasteiger partial charge in [-0.1, -0.05) is 0 Å². The molecule has 1 unspecified atom stereocenters. The first-order valence-electron chi connectivity index (χ1n) is 4.97. The second-order valence-corrected chi connectivity index (χ2v) is 3.78. The second kappa shape index (κ2) is 4.83. The predicted molar refractivity (Wildman–Crippen MR) is 59.0 cm³/mol. The molecule has 0 fully saturated rings. The number of esters is 1. The number of aryl methyl sites for hydroxylation is 1. The van der Waals surface area contributed by atoms with Gasteiger partial charge >= 0.3 is 5.97 Å². The third-order valence-electron chi connectivity index (χ3n) is 2.23. The molecule has 1 atom stereocenters. The Morgan fingerprint density at radius 3 is 2.50 bits per heavy atom. The number of carbonyl (C=O) groups is 2. The van der Waals surface area contributed by atoms with E-state index in [9.17, 15) is 9.59 Å². The van der Waals surface area contributed by atoms with E-state index in [1.807, 2.05) is 0 Å². The summed E-state index contributed by atoms with van der Waals surface area (Å²) in [7, 11) is 4.99. The van der Waals surface area contributed by atoms with Gasteiger partial charge in [0.2, 0.25) is 0 Å². The van der Waals surface area contributed by atoms with Crippen LogP contribution in [0.25, 0.3) is 0 Å². The van der Waals surface area contributed by atoms with Crippen LogP contribution >= 0.6 is 0 Å². The molecule has 0 aliphatic heterocycles. The van der Waals surface area contributed by atoms with E-state index in [-0.39, 0.29) is 5.91 Å². The maximum atomic E-state index is 11.7. The molecule has 0 saturated heterocycles. The van der Waals surface area contributed by atoms with Crippen LogP contribution in [0.2, 0.25) is 0 Å². The summed E-state index contributed by atoms with van der Waals surface area (Å²) >= 11 is 0. The molecule has 1 aromatic heterocycles. The molecule has 1 heterocycles. The number of hydrogen-bond donors (Lipinski definition) is 0. The van der Waals surface area contributed by atoms with Gasteiger partial charge in [0.25, 0.3) is 5.91 Å². The lowest BCUT2D eigenvalue weighted by Crippen LogP contribution is -2.35. The fraction of sp³-hybridized carbons (Fsp3) is 0.455. The maximum Gasteiger partial charge on any atom is 0.355 e. The first kappa shape index (κ1) is 12.3. The van der Waals surface area contributed by atoms with E-state index in [0.717, 1.165) is 0 Å². The van der Waals surface area contributed by atoms with E-state index >= 15 is 0 Å². The smallest absolute Gasteiger partial charge is 0.355 e. The van der Waals surface area contributed by atoms with Gasteiger partial charge in [0.15, 0.2) is 6.10 Å². The van der Waals surface area contributed by atoms with Gasteiger partial charge in [-0.2, -0.15) is 0 Å². The Bertz CT molecular complexity index is 396. The van der Waals surface area contributed by atoms with Crippen molar-refractivity contribution >= 4 is 11.9 Å². The summed E-state index contributed by atoms with van der Waals surface area (Å²) < 4.78 is 6.70. The number of aromatic nitrogens is 1. The number of nitrogens with zero attached hydrogens (tertiary/aromatic N) is 2. The summed E-state index contributed by atoms with van der Waals surface area (Å²) in [5.74, 6) is -0.724. The molecular weight excluding hydrogens is 208 g/mol. The zero-order valence-corrected chi connectivity index (χ0v) is 9.93. The van der Waals surface area contributed by atoms with Crippen LogP contribution in [0.3, 0.4) is 0 Å². The van der Waals surface area contributed by atoms with E-state index in [2.05, 4.69) is 0 Å². The molecule has 5 heteroatoms. The van der Waals surface area contributed by atoms with Crippen molar-refractivity contribution in [2.24, 2.45) is 7.05 Å². The van der Waals surface area contributed by atoms with Crippen LogP contribution in [0, 0.1) is 0 Å². The Hall–Kier alpha value is -1.78. The lowest BCUT2D eigenvalue weighted by atomic mass is 10.3. The summed E-state index contributed by atoms with van der Waals surface area (Å²) in [5.41, 5.74) is 0.429. The van der Waals surface area contributed by atoms with Gasteiger partial charge in [-0.15, -0.1) is 0 Å². The van der Waals surface area contributed by atoms with Crippen molar-refractivity contribution in [1.82, 2.24) is 9.47 Å². The van der Waals surface area contributed by atoms with Crippen molar-refractivity contribution in [2.45, 2.75) is 13.0 Å². The van der Waals surface area contributed by atoms with Crippen molar-refractivity contribution < 1.29 is 14.3 Å². The Kier molecular flexibility index (Phi) is 3.71. The van der Waals surface area contributed by atoms with E-state index in [0.29, 0.717) is 5.69 Å². The average Bonchev–Trinajstić information content (AvgIpc) is 2.62. The molecule has 0 bridgehead atoms. The van der Waals surface area contributed by atoms with E-state index in [4.69, 9.17) is 4.74 Å². The topological polar surface area (TPSA) is 51.5 Å². The van der Waals surface area contributed by atoms with Gasteiger partial charge in [0.05, 0.1) is 0 Å². The van der Waals surface area contributed by atoms with Crippen molar-refractivity contribution in [2.75, 3.05) is 14.1 Å². The van der Waals surface area contributed by atoms with Crippen molar-refractivity contribution in [3.05, 3.63) is 24.0 Å². The number of amides is 1. The van der Waals surface area contributed by atoms with E-state index < -0.39 is 12.1 Å². The predicted octanol–water partition coefficient (Wildman–Crippen LogP) is 0.659. The molecule has 1 amide bonds. The molecule has 0 aliphatic carbocycles. The highest BCUT2D eigenvalue weighted by molar-refractivity contribution is 5.90. The molecule has 0 N–H and O–H groups in total. The molecule has 0 radical (unpaired) electrons. The van der Waals surface area contributed by atoms with Crippen LogP contribution in [0.1, 0.15) is 17.4 Å². The SMILES string of the molecule is CC(OC(=O)c1cccn1C)C(=O)N(C)C.